The number of rotatable bonds is 4. The Morgan fingerprint density at radius 3 is 2.88 bits per heavy atom. The fourth-order valence-corrected chi connectivity index (χ4v) is 2.42. The zero-order chi connectivity index (χ0) is 11.4. The molecule has 1 aliphatic heterocycles. The van der Waals surface area contributed by atoms with E-state index in [2.05, 4.69) is 36.5 Å². The highest BCUT2D eigenvalue weighted by molar-refractivity contribution is 5.26. The van der Waals surface area contributed by atoms with E-state index in [0.29, 0.717) is 12.1 Å². The van der Waals surface area contributed by atoms with Crippen LogP contribution in [0.25, 0.3) is 0 Å². The topological polar surface area (TPSA) is 21.3 Å². The molecule has 0 saturated carbocycles. The molecule has 2 rings (SSSR count). The molecule has 1 heterocycles. The molecule has 16 heavy (non-hydrogen) atoms. The molecule has 1 N–H and O–H groups in total. The third kappa shape index (κ3) is 2.63. The van der Waals surface area contributed by atoms with Crippen molar-refractivity contribution in [1.82, 2.24) is 5.32 Å². The summed E-state index contributed by atoms with van der Waals surface area (Å²) in [5.41, 5.74) is 2.80. The fourth-order valence-electron chi connectivity index (χ4n) is 2.42. The van der Waals surface area contributed by atoms with E-state index < -0.39 is 0 Å². The van der Waals surface area contributed by atoms with Gasteiger partial charge in [0.1, 0.15) is 0 Å². The van der Waals surface area contributed by atoms with Crippen molar-refractivity contribution in [3.8, 4) is 0 Å². The minimum Gasteiger partial charge on any atom is -0.377 e. The van der Waals surface area contributed by atoms with Crippen LogP contribution in [-0.4, -0.2) is 25.8 Å². The van der Waals surface area contributed by atoms with Gasteiger partial charge in [-0.2, -0.15) is 0 Å². The highest BCUT2D eigenvalue weighted by atomic mass is 16.5. The molecule has 1 aliphatic rings. The summed E-state index contributed by atoms with van der Waals surface area (Å²) in [4.78, 5) is 0. The van der Waals surface area contributed by atoms with Gasteiger partial charge in [-0.25, -0.2) is 0 Å². The Kier molecular flexibility index (Phi) is 3.97. The molecule has 0 aliphatic carbocycles. The van der Waals surface area contributed by atoms with Crippen LogP contribution in [0, 0.1) is 6.92 Å². The minimum absolute atomic E-state index is 0.393. The van der Waals surface area contributed by atoms with Crippen molar-refractivity contribution in [3.05, 3.63) is 35.4 Å². The first-order chi connectivity index (χ1) is 7.81. The van der Waals surface area contributed by atoms with Gasteiger partial charge in [0.2, 0.25) is 0 Å². The van der Waals surface area contributed by atoms with Crippen LogP contribution >= 0.6 is 0 Å². The van der Waals surface area contributed by atoms with Crippen molar-refractivity contribution in [1.29, 1.82) is 0 Å². The van der Waals surface area contributed by atoms with E-state index >= 15 is 0 Å². The van der Waals surface area contributed by atoms with E-state index in [1.807, 2.05) is 7.05 Å². The van der Waals surface area contributed by atoms with Crippen molar-refractivity contribution >= 4 is 0 Å². The first kappa shape index (κ1) is 11.6. The Balaban J connectivity index is 2.03. The third-order valence-electron chi connectivity index (χ3n) is 3.49. The molecular formula is C14H21NO. The second-order valence-electron chi connectivity index (χ2n) is 4.58. The lowest BCUT2D eigenvalue weighted by atomic mass is 9.97. The minimum atomic E-state index is 0.393. The zero-order valence-corrected chi connectivity index (χ0v) is 10.2. The molecule has 0 spiro atoms. The maximum Gasteiger partial charge on any atom is 0.0732 e. The van der Waals surface area contributed by atoms with Gasteiger partial charge >= 0.3 is 0 Å². The molecule has 2 heteroatoms. The van der Waals surface area contributed by atoms with E-state index in [1.165, 1.54) is 24.0 Å². The smallest absolute Gasteiger partial charge is 0.0732 e. The van der Waals surface area contributed by atoms with Crippen molar-refractivity contribution in [2.75, 3.05) is 13.7 Å². The predicted molar refractivity (Wildman–Crippen MR) is 66.7 cm³/mol. The van der Waals surface area contributed by atoms with Crippen LogP contribution in [0.15, 0.2) is 24.3 Å². The zero-order valence-electron chi connectivity index (χ0n) is 10.2. The first-order valence-corrected chi connectivity index (χ1v) is 6.14. The normalized spacial score (nSPS) is 22.2. The molecule has 2 nitrogen and oxygen atoms in total. The van der Waals surface area contributed by atoms with Crippen LogP contribution in [0.5, 0.6) is 0 Å². The van der Waals surface area contributed by atoms with Gasteiger partial charge in [-0.05, 0) is 44.4 Å². The maximum absolute atomic E-state index is 5.76. The molecule has 1 fully saturated rings. The SMILES string of the molecule is CNC(Cc1ccccc1C)C1CCCO1. The van der Waals surface area contributed by atoms with Gasteiger partial charge in [0.15, 0.2) is 0 Å². The lowest BCUT2D eigenvalue weighted by Gasteiger charge is -2.23. The first-order valence-electron chi connectivity index (χ1n) is 6.14. The number of hydrogen-bond donors (Lipinski definition) is 1. The number of nitrogens with one attached hydrogen (secondary N) is 1. The van der Waals surface area contributed by atoms with Crippen LogP contribution in [0.3, 0.4) is 0 Å². The molecule has 0 amide bonds. The van der Waals surface area contributed by atoms with Crippen LogP contribution in [-0.2, 0) is 11.2 Å². The number of benzene rings is 1. The fraction of sp³-hybridized carbons (Fsp3) is 0.571. The Morgan fingerprint density at radius 1 is 1.44 bits per heavy atom. The van der Waals surface area contributed by atoms with E-state index in [4.69, 9.17) is 4.74 Å². The predicted octanol–water partition coefficient (Wildman–Crippen LogP) is 2.30. The number of likely N-dealkylation sites (N-methyl/N-ethyl adjacent to an activating group) is 1. The van der Waals surface area contributed by atoms with Crippen molar-refractivity contribution < 1.29 is 4.74 Å². The van der Waals surface area contributed by atoms with Gasteiger partial charge in [0.05, 0.1) is 6.10 Å². The molecule has 1 saturated heterocycles. The van der Waals surface area contributed by atoms with Gasteiger partial charge in [-0.15, -0.1) is 0 Å². The lowest BCUT2D eigenvalue weighted by molar-refractivity contribution is 0.0808. The van der Waals surface area contributed by atoms with Gasteiger partial charge in [0.25, 0.3) is 0 Å². The molecule has 2 atom stereocenters. The van der Waals surface area contributed by atoms with E-state index in [-0.39, 0.29) is 0 Å². The maximum atomic E-state index is 5.76. The highest BCUT2D eigenvalue weighted by Gasteiger charge is 2.24. The average Bonchev–Trinajstić information content (AvgIpc) is 2.81. The molecule has 0 radical (unpaired) electrons. The van der Waals surface area contributed by atoms with Gasteiger partial charge in [0, 0.05) is 12.6 Å². The quantitative estimate of drug-likeness (QED) is 0.839. The largest absolute Gasteiger partial charge is 0.377 e. The Bertz CT molecular complexity index is 331. The Labute approximate surface area is 98.0 Å². The molecule has 1 aromatic carbocycles. The van der Waals surface area contributed by atoms with E-state index in [0.717, 1.165) is 13.0 Å². The Hall–Kier alpha value is -0.860. The van der Waals surface area contributed by atoms with E-state index in [1.54, 1.807) is 0 Å². The van der Waals surface area contributed by atoms with Gasteiger partial charge in [-0.3, -0.25) is 0 Å². The molecule has 0 aromatic heterocycles. The second-order valence-corrected chi connectivity index (χ2v) is 4.58. The number of hydrogen-bond acceptors (Lipinski definition) is 2. The van der Waals surface area contributed by atoms with Crippen molar-refractivity contribution in [2.45, 2.75) is 38.3 Å². The summed E-state index contributed by atoms with van der Waals surface area (Å²) >= 11 is 0. The number of ether oxygens (including phenoxy) is 1. The lowest BCUT2D eigenvalue weighted by Crippen LogP contribution is -2.39. The monoisotopic (exact) mass is 219 g/mol. The third-order valence-corrected chi connectivity index (χ3v) is 3.49. The molecule has 0 bridgehead atoms. The Morgan fingerprint density at radius 2 is 2.25 bits per heavy atom. The molecule has 88 valence electrons. The van der Waals surface area contributed by atoms with Crippen LogP contribution in [0.4, 0.5) is 0 Å². The van der Waals surface area contributed by atoms with Crippen LogP contribution < -0.4 is 5.32 Å². The van der Waals surface area contributed by atoms with Crippen LogP contribution in [0.1, 0.15) is 24.0 Å². The second kappa shape index (κ2) is 5.46. The number of aryl methyl sites for hydroxylation is 1. The van der Waals surface area contributed by atoms with Crippen LogP contribution in [0.2, 0.25) is 0 Å². The van der Waals surface area contributed by atoms with Crippen molar-refractivity contribution in [2.24, 2.45) is 0 Å². The molecular weight excluding hydrogens is 198 g/mol. The summed E-state index contributed by atoms with van der Waals surface area (Å²) in [5.74, 6) is 0. The summed E-state index contributed by atoms with van der Waals surface area (Å²) in [5, 5.41) is 3.39. The highest BCUT2D eigenvalue weighted by Crippen LogP contribution is 2.19. The summed E-state index contributed by atoms with van der Waals surface area (Å²) in [6.45, 7) is 3.11. The van der Waals surface area contributed by atoms with E-state index in [9.17, 15) is 0 Å². The summed E-state index contributed by atoms with van der Waals surface area (Å²) < 4.78 is 5.76. The average molecular weight is 219 g/mol. The van der Waals surface area contributed by atoms with Gasteiger partial charge < -0.3 is 10.1 Å². The van der Waals surface area contributed by atoms with Crippen molar-refractivity contribution in [3.63, 3.8) is 0 Å². The van der Waals surface area contributed by atoms with Gasteiger partial charge in [-0.1, -0.05) is 24.3 Å². The molecule has 1 aromatic rings. The molecule has 2 unspecified atom stereocenters. The summed E-state index contributed by atoms with van der Waals surface area (Å²) in [7, 11) is 2.03. The standard InChI is InChI=1S/C14H21NO/c1-11-6-3-4-7-12(11)10-13(15-2)14-8-5-9-16-14/h3-4,6-7,13-15H,5,8-10H2,1-2H3. The summed E-state index contributed by atoms with van der Waals surface area (Å²) in [6, 6.07) is 9.05. The summed E-state index contributed by atoms with van der Waals surface area (Å²) in [6.07, 6.45) is 3.85.